The van der Waals surface area contributed by atoms with E-state index in [4.69, 9.17) is 0 Å². The molecule has 1 aliphatic heterocycles. The van der Waals surface area contributed by atoms with Crippen molar-refractivity contribution in [1.82, 2.24) is 5.32 Å². The Hall–Kier alpha value is -1.02. The highest BCUT2D eigenvalue weighted by Crippen LogP contribution is 2.21. The molecule has 0 aliphatic carbocycles. The van der Waals surface area contributed by atoms with Gasteiger partial charge >= 0.3 is 0 Å². The summed E-state index contributed by atoms with van der Waals surface area (Å²) in [5, 5.41) is 3.44. The van der Waals surface area contributed by atoms with Crippen LogP contribution in [0.5, 0.6) is 0 Å². The van der Waals surface area contributed by atoms with Crippen LogP contribution in [0.25, 0.3) is 0 Å². The van der Waals surface area contributed by atoms with Gasteiger partial charge in [0.1, 0.15) is 0 Å². The zero-order chi connectivity index (χ0) is 12.8. The first kappa shape index (κ1) is 13.4. The van der Waals surface area contributed by atoms with Crippen molar-refractivity contribution < 1.29 is 0 Å². The van der Waals surface area contributed by atoms with E-state index in [1.807, 2.05) is 0 Å². The highest BCUT2D eigenvalue weighted by molar-refractivity contribution is 5.48. The van der Waals surface area contributed by atoms with Crippen molar-refractivity contribution in [3.05, 3.63) is 29.8 Å². The van der Waals surface area contributed by atoms with Crippen molar-refractivity contribution in [3.63, 3.8) is 0 Å². The van der Waals surface area contributed by atoms with Gasteiger partial charge in [0.25, 0.3) is 0 Å². The molecule has 2 rings (SSSR count). The molecule has 0 radical (unpaired) electrons. The van der Waals surface area contributed by atoms with Crippen LogP contribution in [0.15, 0.2) is 24.3 Å². The van der Waals surface area contributed by atoms with Gasteiger partial charge in [-0.05, 0) is 69.8 Å². The molecule has 100 valence electrons. The molecule has 1 fully saturated rings. The summed E-state index contributed by atoms with van der Waals surface area (Å²) in [6.07, 6.45) is 3.90. The van der Waals surface area contributed by atoms with Gasteiger partial charge in [-0.25, -0.2) is 0 Å². The van der Waals surface area contributed by atoms with Gasteiger partial charge in [0.15, 0.2) is 0 Å². The fraction of sp³-hybridized carbons (Fsp3) is 0.625. The number of anilines is 1. The second kappa shape index (κ2) is 6.79. The fourth-order valence-corrected chi connectivity index (χ4v) is 2.89. The minimum Gasteiger partial charge on any atom is -0.372 e. The van der Waals surface area contributed by atoms with Gasteiger partial charge in [0, 0.05) is 18.8 Å². The van der Waals surface area contributed by atoms with Gasteiger partial charge in [0.2, 0.25) is 0 Å². The number of hydrogen-bond donors (Lipinski definition) is 1. The summed E-state index contributed by atoms with van der Waals surface area (Å²) in [6, 6.07) is 9.12. The summed E-state index contributed by atoms with van der Waals surface area (Å²) in [7, 11) is 0. The smallest absolute Gasteiger partial charge is 0.0368 e. The van der Waals surface area contributed by atoms with E-state index in [2.05, 4.69) is 48.3 Å². The highest BCUT2D eigenvalue weighted by Gasteiger charge is 2.13. The zero-order valence-electron chi connectivity index (χ0n) is 11.8. The predicted octanol–water partition coefficient (Wildman–Crippen LogP) is 3.07. The lowest BCUT2D eigenvalue weighted by molar-refractivity contribution is 0.372. The van der Waals surface area contributed by atoms with Crippen LogP contribution in [0.3, 0.4) is 0 Å². The van der Waals surface area contributed by atoms with Gasteiger partial charge in [-0.3, -0.25) is 0 Å². The standard InChI is InChI=1S/C16H26N2/c1-3-18(4-2)16-7-5-6-15(13-16)12-14-8-10-17-11-9-14/h5-7,13-14,17H,3-4,8-12H2,1-2H3. The first-order valence-corrected chi connectivity index (χ1v) is 7.38. The molecule has 0 bridgehead atoms. The molecule has 1 N–H and O–H groups in total. The molecule has 1 aliphatic rings. The van der Waals surface area contributed by atoms with E-state index in [0.717, 1.165) is 19.0 Å². The lowest BCUT2D eigenvalue weighted by Crippen LogP contribution is -2.28. The van der Waals surface area contributed by atoms with E-state index in [-0.39, 0.29) is 0 Å². The summed E-state index contributed by atoms with van der Waals surface area (Å²) >= 11 is 0. The van der Waals surface area contributed by atoms with E-state index in [9.17, 15) is 0 Å². The Morgan fingerprint density at radius 1 is 1.17 bits per heavy atom. The van der Waals surface area contributed by atoms with Crippen LogP contribution in [0.4, 0.5) is 5.69 Å². The maximum Gasteiger partial charge on any atom is 0.0368 e. The largest absolute Gasteiger partial charge is 0.372 e. The van der Waals surface area contributed by atoms with Crippen LogP contribution in [0, 0.1) is 5.92 Å². The van der Waals surface area contributed by atoms with E-state index in [1.54, 1.807) is 0 Å². The number of nitrogens with zero attached hydrogens (tertiary/aromatic N) is 1. The maximum absolute atomic E-state index is 3.44. The molecule has 1 heterocycles. The Balaban J connectivity index is 2.01. The Kier molecular flexibility index (Phi) is 5.06. The van der Waals surface area contributed by atoms with E-state index >= 15 is 0 Å². The molecule has 1 aromatic rings. The second-order valence-electron chi connectivity index (χ2n) is 5.24. The van der Waals surface area contributed by atoms with Crippen LogP contribution >= 0.6 is 0 Å². The summed E-state index contributed by atoms with van der Waals surface area (Å²) in [5.74, 6) is 0.873. The number of hydrogen-bond acceptors (Lipinski definition) is 2. The Bertz CT molecular complexity index is 352. The summed E-state index contributed by atoms with van der Waals surface area (Å²) < 4.78 is 0. The lowest BCUT2D eigenvalue weighted by atomic mass is 9.91. The third-order valence-electron chi connectivity index (χ3n) is 4.02. The van der Waals surface area contributed by atoms with Crippen LogP contribution in [-0.2, 0) is 6.42 Å². The number of nitrogens with one attached hydrogen (secondary N) is 1. The van der Waals surface area contributed by atoms with Crippen LogP contribution in [0.2, 0.25) is 0 Å². The Morgan fingerprint density at radius 3 is 2.56 bits per heavy atom. The molecule has 0 amide bonds. The molecular formula is C16H26N2. The van der Waals surface area contributed by atoms with Crippen molar-refractivity contribution in [2.75, 3.05) is 31.1 Å². The monoisotopic (exact) mass is 246 g/mol. The number of piperidine rings is 1. The Morgan fingerprint density at radius 2 is 1.89 bits per heavy atom. The van der Waals surface area contributed by atoms with Crippen molar-refractivity contribution >= 4 is 5.69 Å². The first-order chi connectivity index (χ1) is 8.83. The minimum absolute atomic E-state index is 0.873. The fourth-order valence-electron chi connectivity index (χ4n) is 2.89. The molecule has 1 saturated heterocycles. The summed E-state index contributed by atoms with van der Waals surface area (Å²) in [5.41, 5.74) is 2.89. The van der Waals surface area contributed by atoms with Crippen LogP contribution in [0.1, 0.15) is 32.3 Å². The molecule has 2 heteroatoms. The molecule has 18 heavy (non-hydrogen) atoms. The Labute approximate surface area is 111 Å². The van der Waals surface area contributed by atoms with Crippen molar-refractivity contribution in [3.8, 4) is 0 Å². The van der Waals surface area contributed by atoms with Gasteiger partial charge in [-0.15, -0.1) is 0 Å². The SMILES string of the molecule is CCN(CC)c1cccc(CC2CCNCC2)c1. The highest BCUT2D eigenvalue weighted by atomic mass is 15.1. The third kappa shape index (κ3) is 3.49. The van der Waals surface area contributed by atoms with Crippen molar-refractivity contribution in [1.29, 1.82) is 0 Å². The minimum atomic E-state index is 0.873. The lowest BCUT2D eigenvalue weighted by Gasteiger charge is -2.24. The molecule has 0 atom stereocenters. The summed E-state index contributed by atoms with van der Waals surface area (Å²) in [4.78, 5) is 2.42. The van der Waals surface area contributed by atoms with Gasteiger partial charge in [0.05, 0.1) is 0 Å². The quantitative estimate of drug-likeness (QED) is 0.859. The normalized spacial score (nSPS) is 16.8. The van der Waals surface area contributed by atoms with E-state index in [0.29, 0.717) is 0 Å². The molecule has 1 aromatic carbocycles. The topological polar surface area (TPSA) is 15.3 Å². The molecule has 0 saturated carbocycles. The molecule has 0 spiro atoms. The molecule has 2 nitrogen and oxygen atoms in total. The van der Waals surface area contributed by atoms with Gasteiger partial charge in [-0.2, -0.15) is 0 Å². The first-order valence-electron chi connectivity index (χ1n) is 7.38. The predicted molar refractivity (Wildman–Crippen MR) is 79.3 cm³/mol. The van der Waals surface area contributed by atoms with E-state index < -0.39 is 0 Å². The molecular weight excluding hydrogens is 220 g/mol. The summed E-state index contributed by atoms with van der Waals surface area (Å²) in [6.45, 7) is 9.02. The van der Waals surface area contributed by atoms with Gasteiger partial charge < -0.3 is 10.2 Å². The van der Waals surface area contributed by atoms with E-state index in [1.165, 1.54) is 43.6 Å². The van der Waals surface area contributed by atoms with Crippen molar-refractivity contribution in [2.45, 2.75) is 33.1 Å². The zero-order valence-corrected chi connectivity index (χ0v) is 11.8. The average Bonchev–Trinajstić information content (AvgIpc) is 2.42. The van der Waals surface area contributed by atoms with Crippen molar-refractivity contribution in [2.24, 2.45) is 5.92 Å². The van der Waals surface area contributed by atoms with Crippen LogP contribution in [-0.4, -0.2) is 26.2 Å². The number of rotatable bonds is 5. The maximum atomic E-state index is 3.44. The van der Waals surface area contributed by atoms with Gasteiger partial charge in [-0.1, -0.05) is 12.1 Å². The molecule has 0 unspecified atom stereocenters. The molecule has 0 aromatic heterocycles. The average molecular weight is 246 g/mol. The number of benzene rings is 1. The third-order valence-corrected chi connectivity index (χ3v) is 4.02. The second-order valence-corrected chi connectivity index (χ2v) is 5.24. The van der Waals surface area contributed by atoms with Crippen LogP contribution < -0.4 is 10.2 Å².